The van der Waals surface area contributed by atoms with E-state index in [4.69, 9.17) is 0 Å². The number of rotatable bonds is 1. The van der Waals surface area contributed by atoms with Crippen molar-refractivity contribution in [1.82, 2.24) is 0 Å². The van der Waals surface area contributed by atoms with Crippen LogP contribution in [-0.2, 0) is 6.18 Å². The van der Waals surface area contributed by atoms with Crippen LogP contribution >= 0.6 is 11.3 Å². The molecule has 0 fully saturated rings. The molecule has 0 saturated heterocycles. The molecule has 3 rings (SSSR count). The molecule has 0 aliphatic rings. The van der Waals surface area contributed by atoms with E-state index in [0.29, 0.717) is 16.0 Å². The fourth-order valence-electron chi connectivity index (χ4n) is 2.24. The van der Waals surface area contributed by atoms with Gasteiger partial charge in [0.15, 0.2) is 0 Å². The van der Waals surface area contributed by atoms with Crippen LogP contribution in [-0.4, -0.2) is 0 Å². The van der Waals surface area contributed by atoms with Gasteiger partial charge in [0, 0.05) is 15.6 Å². The molecule has 1 nitrogen and oxygen atoms in total. The summed E-state index contributed by atoms with van der Waals surface area (Å²) >= 11 is 1.35. The topological polar surface area (TPSA) is 23.8 Å². The highest BCUT2D eigenvalue weighted by atomic mass is 32.1. The van der Waals surface area contributed by atoms with Crippen molar-refractivity contribution in [1.29, 1.82) is 5.26 Å². The Morgan fingerprint density at radius 1 is 0.952 bits per heavy atom. The van der Waals surface area contributed by atoms with Gasteiger partial charge in [-0.1, -0.05) is 30.3 Å². The van der Waals surface area contributed by atoms with Crippen molar-refractivity contribution in [3.8, 4) is 17.2 Å². The summed E-state index contributed by atoms with van der Waals surface area (Å²) in [6.07, 6.45) is -4.35. The van der Waals surface area contributed by atoms with Gasteiger partial charge in [-0.2, -0.15) is 18.4 Å². The van der Waals surface area contributed by atoms with Crippen LogP contribution in [0.2, 0.25) is 0 Å². The average Bonchev–Trinajstić information content (AvgIpc) is 2.85. The van der Waals surface area contributed by atoms with Gasteiger partial charge in [0.25, 0.3) is 0 Å². The Morgan fingerprint density at radius 2 is 1.62 bits per heavy atom. The van der Waals surface area contributed by atoms with Crippen LogP contribution in [0.4, 0.5) is 13.2 Å². The van der Waals surface area contributed by atoms with E-state index >= 15 is 0 Å². The molecule has 0 amide bonds. The van der Waals surface area contributed by atoms with E-state index in [-0.39, 0.29) is 0 Å². The molecule has 0 aliphatic heterocycles. The molecule has 0 bridgehead atoms. The van der Waals surface area contributed by atoms with E-state index in [1.54, 1.807) is 0 Å². The second-order valence-electron chi connectivity index (χ2n) is 4.49. The number of thiophene rings is 1. The predicted octanol–water partition coefficient (Wildman–Crippen LogP) is 5.46. The van der Waals surface area contributed by atoms with Gasteiger partial charge in [0.1, 0.15) is 10.9 Å². The number of nitriles is 1. The average molecular weight is 303 g/mol. The summed E-state index contributed by atoms with van der Waals surface area (Å²) in [6.45, 7) is 0. The summed E-state index contributed by atoms with van der Waals surface area (Å²) in [5, 5.41) is 10.1. The molecule has 0 spiro atoms. The van der Waals surface area contributed by atoms with Crippen molar-refractivity contribution in [2.75, 3.05) is 0 Å². The van der Waals surface area contributed by atoms with Gasteiger partial charge in [-0.25, -0.2) is 0 Å². The number of nitrogens with zero attached hydrogens (tertiary/aromatic N) is 1. The van der Waals surface area contributed by atoms with Crippen LogP contribution in [0.3, 0.4) is 0 Å². The summed E-state index contributed by atoms with van der Waals surface area (Å²) < 4.78 is 38.8. The quantitative estimate of drug-likeness (QED) is 0.585. The van der Waals surface area contributed by atoms with Gasteiger partial charge in [-0.05, 0) is 23.8 Å². The third-order valence-electron chi connectivity index (χ3n) is 3.20. The summed E-state index contributed by atoms with van der Waals surface area (Å²) in [5.41, 5.74) is 0.633. The standard InChI is InChI=1S/C16H8F3NS/c17-16(18,19)11-7-5-10(6-8-11)15-12-3-1-2-4-13(12)21-14(15)9-20/h1-8H. The molecule has 0 N–H and O–H groups in total. The minimum absolute atomic E-state index is 0.510. The van der Waals surface area contributed by atoms with Crippen molar-refractivity contribution in [2.24, 2.45) is 0 Å². The number of halogens is 3. The Bertz CT molecular complexity index is 839. The molecular weight excluding hydrogens is 295 g/mol. The second-order valence-corrected chi connectivity index (χ2v) is 5.54. The second kappa shape index (κ2) is 4.90. The van der Waals surface area contributed by atoms with Crippen molar-refractivity contribution in [3.05, 3.63) is 59.0 Å². The largest absolute Gasteiger partial charge is 0.416 e. The number of alkyl halides is 3. The molecular formula is C16H8F3NS. The first-order chi connectivity index (χ1) is 10.0. The number of fused-ring (bicyclic) bond motifs is 1. The Hall–Kier alpha value is -2.32. The highest BCUT2D eigenvalue weighted by Gasteiger charge is 2.30. The molecule has 21 heavy (non-hydrogen) atoms. The lowest BCUT2D eigenvalue weighted by atomic mass is 10.0. The summed E-state index contributed by atoms with van der Waals surface area (Å²) in [7, 11) is 0. The molecule has 0 unspecified atom stereocenters. The third-order valence-corrected chi connectivity index (χ3v) is 4.27. The van der Waals surface area contributed by atoms with Crippen LogP contribution < -0.4 is 0 Å². The van der Waals surface area contributed by atoms with Crippen LogP contribution in [0.25, 0.3) is 21.2 Å². The zero-order valence-corrected chi connectivity index (χ0v) is 11.4. The normalized spacial score (nSPS) is 11.5. The van der Waals surface area contributed by atoms with Crippen LogP contribution in [0.5, 0.6) is 0 Å². The van der Waals surface area contributed by atoms with E-state index in [1.807, 2.05) is 24.3 Å². The molecule has 2 aromatic carbocycles. The maximum Gasteiger partial charge on any atom is 0.416 e. The first-order valence-corrected chi connectivity index (χ1v) is 6.91. The van der Waals surface area contributed by atoms with Gasteiger partial charge >= 0.3 is 6.18 Å². The number of benzene rings is 2. The maximum absolute atomic E-state index is 12.6. The first kappa shape index (κ1) is 13.7. The predicted molar refractivity (Wildman–Crippen MR) is 77.0 cm³/mol. The Balaban J connectivity index is 2.19. The fraction of sp³-hybridized carbons (Fsp3) is 0.0625. The molecule has 0 saturated carbocycles. The van der Waals surface area contributed by atoms with E-state index < -0.39 is 11.7 Å². The monoisotopic (exact) mass is 303 g/mol. The molecule has 1 heterocycles. The Kier molecular flexibility index (Phi) is 3.19. The molecule has 104 valence electrons. The first-order valence-electron chi connectivity index (χ1n) is 6.10. The lowest BCUT2D eigenvalue weighted by Gasteiger charge is -2.07. The van der Waals surface area contributed by atoms with Gasteiger partial charge in [0.2, 0.25) is 0 Å². The SMILES string of the molecule is N#Cc1sc2ccccc2c1-c1ccc(C(F)(F)F)cc1. The van der Waals surface area contributed by atoms with Gasteiger partial charge in [-0.15, -0.1) is 11.3 Å². The lowest BCUT2D eigenvalue weighted by molar-refractivity contribution is -0.137. The highest BCUT2D eigenvalue weighted by Crippen LogP contribution is 2.39. The van der Waals surface area contributed by atoms with Crippen molar-refractivity contribution in [2.45, 2.75) is 6.18 Å². The Labute approximate surface area is 122 Å². The molecule has 0 atom stereocenters. The lowest BCUT2D eigenvalue weighted by Crippen LogP contribution is -2.03. The molecule has 5 heteroatoms. The van der Waals surface area contributed by atoms with Gasteiger partial charge in [0.05, 0.1) is 5.56 Å². The molecule has 0 aliphatic carbocycles. The summed E-state index contributed by atoms with van der Waals surface area (Å²) in [4.78, 5) is 0.510. The Morgan fingerprint density at radius 3 is 2.24 bits per heavy atom. The van der Waals surface area contributed by atoms with Crippen molar-refractivity contribution in [3.63, 3.8) is 0 Å². The smallest absolute Gasteiger partial charge is 0.192 e. The number of hydrogen-bond donors (Lipinski definition) is 0. The van der Waals surface area contributed by atoms with E-state index in [2.05, 4.69) is 6.07 Å². The zero-order chi connectivity index (χ0) is 15.0. The minimum Gasteiger partial charge on any atom is -0.192 e. The molecule has 3 aromatic rings. The van der Waals surface area contributed by atoms with Crippen LogP contribution in [0.1, 0.15) is 10.4 Å². The third kappa shape index (κ3) is 2.39. The minimum atomic E-state index is -4.35. The molecule has 1 aromatic heterocycles. The van der Waals surface area contributed by atoms with Crippen molar-refractivity contribution < 1.29 is 13.2 Å². The molecule has 0 radical (unpaired) electrons. The summed E-state index contributed by atoms with van der Waals surface area (Å²) in [5.74, 6) is 0. The van der Waals surface area contributed by atoms with Gasteiger partial charge < -0.3 is 0 Å². The van der Waals surface area contributed by atoms with Gasteiger partial charge in [-0.3, -0.25) is 0 Å². The van der Waals surface area contributed by atoms with Crippen LogP contribution in [0.15, 0.2) is 48.5 Å². The van der Waals surface area contributed by atoms with Crippen LogP contribution in [0, 0.1) is 11.3 Å². The van der Waals surface area contributed by atoms with E-state index in [9.17, 15) is 18.4 Å². The highest BCUT2D eigenvalue weighted by molar-refractivity contribution is 7.20. The van der Waals surface area contributed by atoms with E-state index in [1.165, 1.54) is 23.5 Å². The van der Waals surface area contributed by atoms with E-state index in [0.717, 1.165) is 22.2 Å². The fourth-order valence-corrected chi connectivity index (χ4v) is 3.26. The maximum atomic E-state index is 12.6. The van der Waals surface area contributed by atoms with Crippen molar-refractivity contribution >= 4 is 21.4 Å². The summed E-state index contributed by atoms with van der Waals surface area (Å²) in [6, 6.07) is 14.5. The number of hydrogen-bond acceptors (Lipinski definition) is 2. The zero-order valence-electron chi connectivity index (χ0n) is 10.6.